The Hall–Kier alpha value is -0.460. The van der Waals surface area contributed by atoms with E-state index in [-0.39, 0.29) is 11.5 Å². The van der Waals surface area contributed by atoms with Crippen LogP contribution in [0.5, 0.6) is 0 Å². The van der Waals surface area contributed by atoms with Crippen LogP contribution in [0.3, 0.4) is 0 Å². The third-order valence-corrected chi connectivity index (χ3v) is 4.60. The summed E-state index contributed by atoms with van der Waals surface area (Å²) in [4.78, 5) is 4.70. The van der Waals surface area contributed by atoms with Gasteiger partial charge >= 0.3 is 0 Å². The summed E-state index contributed by atoms with van der Waals surface area (Å²) in [7, 11) is 0. The molecular weight excluding hydrogens is 367 g/mol. The van der Waals surface area contributed by atoms with Gasteiger partial charge in [-0.05, 0) is 40.3 Å². The highest BCUT2D eigenvalue weighted by atomic mass is 127. The summed E-state index contributed by atoms with van der Waals surface area (Å²) in [6.07, 6.45) is 0.807. The van der Waals surface area contributed by atoms with Gasteiger partial charge in [-0.3, -0.25) is 0 Å². The summed E-state index contributed by atoms with van der Waals surface area (Å²) in [5.41, 5.74) is 8.70. The van der Waals surface area contributed by atoms with E-state index in [0.29, 0.717) is 0 Å². The Labute approximate surface area is 132 Å². The van der Waals surface area contributed by atoms with Crippen LogP contribution in [0.2, 0.25) is 0 Å². The second kappa shape index (κ2) is 5.89. The van der Waals surface area contributed by atoms with E-state index in [1.807, 2.05) is 0 Å². The molecule has 2 rings (SSSR count). The number of hydrogen-bond donors (Lipinski definition) is 1. The second-order valence-corrected chi connectivity index (χ2v) is 7.93. The van der Waals surface area contributed by atoms with Gasteiger partial charge in [0, 0.05) is 26.8 Å². The Balaban J connectivity index is 2.08. The Kier molecular flexibility index (Phi) is 4.63. The van der Waals surface area contributed by atoms with Crippen LogP contribution in [0.25, 0.3) is 0 Å². The minimum absolute atomic E-state index is 0.0240. The molecule has 0 aliphatic rings. The number of hydrogen-bond acceptors (Lipinski definition) is 3. The number of thiazole rings is 1. The van der Waals surface area contributed by atoms with Gasteiger partial charge in [0.15, 0.2) is 0 Å². The Morgan fingerprint density at radius 2 is 1.89 bits per heavy atom. The van der Waals surface area contributed by atoms with Gasteiger partial charge < -0.3 is 5.73 Å². The average molecular weight is 386 g/mol. The van der Waals surface area contributed by atoms with E-state index < -0.39 is 0 Å². The molecule has 102 valence electrons. The highest BCUT2D eigenvalue weighted by Crippen LogP contribution is 2.26. The van der Waals surface area contributed by atoms with E-state index >= 15 is 0 Å². The summed E-state index contributed by atoms with van der Waals surface area (Å²) in [5.74, 6) is 0. The maximum Gasteiger partial charge on any atom is 0.0947 e. The minimum atomic E-state index is 0.0240. The van der Waals surface area contributed by atoms with Crippen molar-refractivity contribution in [2.75, 3.05) is 0 Å². The molecule has 2 nitrogen and oxygen atoms in total. The monoisotopic (exact) mass is 386 g/mol. The van der Waals surface area contributed by atoms with Crippen molar-refractivity contribution in [1.82, 2.24) is 4.98 Å². The molecule has 0 amide bonds. The van der Waals surface area contributed by atoms with Crippen LogP contribution < -0.4 is 5.73 Å². The molecule has 0 fully saturated rings. The molecule has 0 spiro atoms. The first-order valence-electron chi connectivity index (χ1n) is 6.32. The summed E-state index contributed by atoms with van der Waals surface area (Å²) in [5, 5.41) is 3.27. The molecule has 0 bridgehead atoms. The SMILES string of the molecule is CC(C)(C)c1csc(CC(N)c2ccc(I)cc2)n1. The molecule has 1 heterocycles. The number of nitrogens with two attached hydrogens (primary N) is 1. The van der Waals surface area contributed by atoms with E-state index in [2.05, 4.69) is 73.0 Å². The predicted molar refractivity (Wildman–Crippen MR) is 90.6 cm³/mol. The Morgan fingerprint density at radius 3 is 2.42 bits per heavy atom. The van der Waals surface area contributed by atoms with Crippen molar-refractivity contribution in [2.45, 2.75) is 38.6 Å². The van der Waals surface area contributed by atoms with Crippen LogP contribution in [0, 0.1) is 3.57 Å². The molecule has 19 heavy (non-hydrogen) atoms. The lowest BCUT2D eigenvalue weighted by Gasteiger charge is -2.14. The lowest BCUT2D eigenvalue weighted by Crippen LogP contribution is -2.14. The quantitative estimate of drug-likeness (QED) is 0.800. The molecule has 2 N–H and O–H groups in total. The summed E-state index contributed by atoms with van der Waals surface area (Å²) in [6.45, 7) is 6.56. The van der Waals surface area contributed by atoms with Crippen molar-refractivity contribution in [3.8, 4) is 0 Å². The van der Waals surface area contributed by atoms with Gasteiger partial charge in [0.1, 0.15) is 0 Å². The van der Waals surface area contributed by atoms with E-state index in [9.17, 15) is 0 Å². The zero-order valence-electron chi connectivity index (χ0n) is 11.5. The lowest BCUT2D eigenvalue weighted by atomic mass is 9.93. The smallest absolute Gasteiger partial charge is 0.0947 e. The van der Waals surface area contributed by atoms with Gasteiger partial charge in [-0.2, -0.15) is 0 Å². The molecule has 1 aromatic heterocycles. The van der Waals surface area contributed by atoms with Crippen LogP contribution >= 0.6 is 33.9 Å². The third kappa shape index (κ3) is 4.00. The minimum Gasteiger partial charge on any atom is -0.324 e. The predicted octanol–water partition coefficient (Wildman–Crippen LogP) is 4.29. The fourth-order valence-corrected chi connectivity index (χ4v) is 3.21. The Bertz CT molecular complexity index is 540. The third-order valence-electron chi connectivity index (χ3n) is 3.01. The molecule has 1 aromatic carbocycles. The highest BCUT2D eigenvalue weighted by molar-refractivity contribution is 14.1. The molecule has 0 saturated heterocycles. The molecule has 1 atom stereocenters. The fraction of sp³-hybridized carbons (Fsp3) is 0.400. The van der Waals surface area contributed by atoms with Crippen LogP contribution in [-0.2, 0) is 11.8 Å². The first-order valence-corrected chi connectivity index (χ1v) is 8.28. The number of benzene rings is 1. The zero-order chi connectivity index (χ0) is 14.0. The van der Waals surface area contributed by atoms with E-state index in [0.717, 1.165) is 17.1 Å². The molecule has 0 saturated carbocycles. The van der Waals surface area contributed by atoms with Crippen molar-refractivity contribution < 1.29 is 0 Å². The lowest BCUT2D eigenvalue weighted by molar-refractivity contribution is 0.569. The largest absolute Gasteiger partial charge is 0.324 e. The Morgan fingerprint density at radius 1 is 1.26 bits per heavy atom. The van der Waals surface area contributed by atoms with Crippen molar-refractivity contribution >= 4 is 33.9 Å². The number of rotatable bonds is 3. The van der Waals surface area contributed by atoms with Gasteiger partial charge in [0.2, 0.25) is 0 Å². The highest BCUT2D eigenvalue weighted by Gasteiger charge is 2.18. The topological polar surface area (TPSA) is 38.9 Å². The number of aromatic nitrogens is 1. The second-order valence-electron chi connectivity index (χ2n) is 5.74. The van der Waals surface area contributed by atoms with Gasteiger partial charge in [-0.25, -0.2) is 4.98 Å². The molecule has 1 unspecified atom stereocenters. The van der Waals surface area contributed by atoms with Gasteiger partial charge in [0.05, 0.1) is 10.7 Å². The summed E-state index contributed by atoms with van der Waals surface area (Å²) < 4.78 is 1.23. The molecule has 0 aliphatic heterocycles. The van der Waals surface area contributed by atoms with Gasteiger partial charge in [-0.15, -0.1) is 11.3 Å². The normalized spacial score (nSPS) is 13.5. The van der Waals surface area contributed by atoms with Crippen molar-refractivity contribution in [3.63, 3.8) is 0 Å². The summed E-state index contributed by atoms with van der Waals surface area (Å²) in [6, 6.07) is 8.42. The fourth-order valence-electron chi connectivity index (χ4n) is 1.77. The van der Waals surface area contributed by atoms with Crippen LogP contribution in [-0.4, -0.2) is 4.98 Å². The maximum absolute atomic E-state index is 6.26. The standard InChI is InChI=1S/C15H19IN2S/c1-15(2,3)13-9-19-14(18-13)8-12(17)10-4-6-11(16)7-5-10/h4-7,9,12H,8,17H2,1-3H3. The molecule has 2 aromatic rings. The first-order chi connectivity index (χ1) is 8.86. The molecular formula is C15H19IN2S. The van der Waals surface area contributed by atoms with Crippen LogP contribution in [0.1, 0.15) is 43.1 Å². The number of halogens is 1. The van der Waals surface area contributed by atoms with Crippen LogP contribution in [0.4, 0.5) is 0 Å². The number of nitrogens with zero attached hydrogens (tertiary/aromatic N) is 1. The van der Waals surface area contributed by atoms with E-state index in [1.165, 1.54) is 9.13 Å². The van der Waals surface area contributed by atoms with E-state index in [1.54, 1.807) is 11.3 Å². The average Bonchev–Trinajstić information content (AvgIpc) is 2.78. The van der Waals surface area contributed by atoms with Crippen molar-refractivity contribution in [3.05, 3.63) is 49.5 Å². The molecule has 0 aliphatic carbocycles. The van der Waals surface area contributed by atoms with E-state index in [4.69, 9.17) is 10.7 Å². The molecule has 0 radical (unpaired) electrons. The van der Waals surface area contributed by atoms with Crippen molar-refractivity contribution in [2.24, 2.45) is 5.73 Å². The molecule has 4 heteroatoms. The van der Waals surface area contributed by atoms with Gasteiger partial charge in [-0.1, -0.05) is 32.9 Å². The van der Waals surface area contributed by atoms with Crippen LogP contribution in [0.15, 0.2) is 29.6 Å². The van der Waals surface area contributed by atoms with Gasteiger partial charge in [0.25, 0.3) is 0 Å². The van der Waals surface area contributed by atoms with Crippen molar-refractivity contribution in [1.29, 1.82) is 0 Å². The summed E-state index contributed by atoms with van der Waals surface area (Å²) >= 11 is 4.01. The zero-order valence-corrected chi connectivity index (χ0v) is 14.5. The maximum atomic E-state index is 6.26. The first kappa shape index (κ1) is 14.9.